The molecular weight excluding hydrogens is 396 g/mol. The van der Waals surface area contributed by atoms with Gasteiger partial charge in [-0.25, -0.2) is 4.79 Å². The van der Waals surface area contributed by atoms with Gasteiger partial charge in [-0.15, -0.1) is 0 Å². The average Bonchev–Trinajstić information content (AvgIpc) is 3.54. The van der Waals surface area contributed by atoms with Gasteiger partial charge in [-0.2, -0.15) is 0 Å². The van der Waals surface area contributed by atoms with Gasteiger partial charge in [0.05, 0.1) is 11.3 Å². The van der Waals surface area contributed by atoms with Crippen LogP contribution in [0.5, 0.6) is 5.75 Å². The van der Waals surface area contributed by atoms with E-state index in [4.69, 9.17) is 9.47 Å². The highest BCUT2D eigenvalue weighted by atomic mass is 16.6. The van der Waals surface area contributed by atoms with Gasteiger partial charge in [-0.1, -0.05) is 30.3 Å². The molecule has 0 N–H and O–H groups in total. The smallest absolute Gasteiger partial charge is 0.353 e. The fourth-order valence-corrected chi connectivity index (χ4v) is 4.63. The summed E-state index contributed by atoms with van der Waals surface area (Å²) >= 11 is 0. The fourth-order valence-electron chi connectivity index (χ4n) is 4.63. The molecule has 1 saturated heterocycles. The minimum atomic E-state index is -1.41. The van der Waals surface area contributed by atoms with Crippen LogP contribution in [0.2, 0.25) is 0 Å². The summed E-state index contributed by atoms with van der Waals surface area (Å²) in [6.07, 6.45) is 2.07. The summed E-state index contributed by atoms with van der Waals surface area (Å²) in [5, 5.41) is 0. The van der Waals surface area contributed by atoms with E-state index in [1.54, 1.807) is 29.2 Å². The van der Waals surface area contributed by atoms with E-state index in [-0.39, 0.29) is 43.9 Å². The van der Waals surface area contributed by atoms with Crippen LogP contribution in [0.15, 0.2) is 48.5 Å². The maximum absolute atomic E-state index is 13.5. The maximum atomic E-state index is 13.5. The van der Waals surface area contributed by atoms with E-state index in [0.717, 1.165) is 24.2 Å². The molecular formula is C24H24N2O5. The Morgan fingerprint density at radius 2 is 1.81 bits per heavy atom. The third kappa shape index (κ3) is 3.07. The van der Waals surface area contributed by atoms with Crippen molar-refractivity contribution < 1.29 is 23.9 Å². The highest BCUT2D eigenvalue weighted by Gasteiger charge is 2.64. The zero-order valence-electron chi connectivity index (χ0n) is 17.4. The molecule has 3 aliphatic rings. The van der Waals surface area contributed by atoms with Crippen molar-refractivity contribution in [3.63, 3.8) is 0 Å². The summed E-state index contributed by atoms with van der Waals surface area (Å²) in [6.45, 7) is 2.17. The van der Waals surface area contributed by atoms with Gasteiger partial charge in [-0.3, -0.25) is 14.5 Å². The monoisotopic (exact) mass is 420 g/mol. The van der Waals surface area contributed by atoms with E-state index < -0.39 is 11.6 Å². The largest absolute Gasteiger partial charge is 0.490 e. The average molecular weight is 420 g/mol. The molecule has 0 bridgehead atoms. The van der Waals surface area contributed by atoms with Crippen LogP contribution in [0, 0.1) is 6.92 Å². The molecule has 7 heteroatoms. The summed E-state index contributed by atoms with van der Waals surface area (Å²) in [6, 6.07) is 14.6. The number of aryl methyl sites for hydroxylation is 1. The SMILES string of the molecule is Cc1ccccc1OCCOC(=O)C12CCC(=O)N1c1ccccc1C(=O)N2C1CC1. The van der Waals surface area contributed by atoms with Crippen LogP contribution in [0.4, 0.5) is 5.69 Å². The van der Waals surface area contributed by atoms with Crippen molar-refractivity contribution >= 4 is 23.5 Å². The lowest BCUT2D eigenvalue weighted by atomic mass is 9.96. The van der Waals surface area contributed by atoms with Gasteiger partial charge in [0.25, 0.3) is 5.91 Å². The van der Waals surface area contributed by atoms with Crippen molar-refractivity contribution in [1.82, 2.24) is 4.90 Å². The number of fused-ring (bicyclic) bond motifs is 3. The highest BCUT2D eigenvalue weighted by molar-refractivity contribution is 6.15. The number of amides is 2. The van der Waals surface area contributed by atoms with E-state index in [2.05, 4.69) is 0 Å². The second-order valence-corrected chi connectivity index (χ2v) is 8.22. The Morgan fingerprint density at radius 3 is 2.58 bits per heavy atom. The second-order valence-electron chi connectivity index (χ2n) is 8.22. The minimum absolute atomic E-state index is 0.0330. The van der Waals surface area contributed by atoms with Gasteiger partial charge >= 0.3 is 5.97 Å². The highest BCUT2D eigenvalue weighted by Crippen LogP contribution is 2.49. The van der Waals surface area contributed by atoms with Crippen LogP contribution in [-0.2, 0) is 14.3 Å². The molecule has 0 aromatic heterocycles. The number of nitrogens with zero attached hydrogens (tertiary/aromatic N) is 2. The topological polar surface area (TPSA) is 76.1 Å². The van der Waals surface area contributed by atoms with Gasteiger partial charge in [0.2, 0.25) is 11.6 Å². The summed E-state index contributed by atoms with van der Waals surface area (Å²) in [5.74, 6) is -0.215. The normalized spacial score (nSPS) is 22.2. The third-order valence-electron chi connectivity index (χ3n) is 6.21. The van der Waals surface area contributed by atoms with Gasteiger partial charge in [0.1, 0.15) is 19.0 Å². The number of ether oxygens (including phenoxy) is 2. The van der Waals surface area contributed by atoms with Crippen molar-refractivity contribution in [2.45, 2.75) is 44.3 Å². The Balaban J connectivity index is 1.40. The molecule has 0 spiro atoms. The van der Waals surface area contributed by atoms with Crippen molar-refractivity contribution in [2.24, 2.45) is 0 Å². The number of rotatable bonds is 6. The summed E-state index contributed by atoms with van der Waals surface area (Å²) in [4.78, 5) is 42.8. The molecule has 1 atom stereocenters. The van der Waals surface area contributed by atoms with Gasteiger partial charge < -0.3 is 14.4 Å². The second kappa shape index (κ2) is 7.41. The molecule has 1 saturated carbocycles. The molecule has 2 heterocycles. The number of hydrogen-bond donors (Lipinski definition) is 0. The van der Waals surface area contributed by atoms with Gasteiger partial charge in [-0.05, 0) is 43.5 Å². The zero-order chi connectivity index (χ0) is 21.6. The number of carbonyl (C=O) groups excluding carboxylic acids is 3. The Labute approximate surface area is 180 Å². The van der Waals surface area contributed by atoms with Crippen LogP contribution < -0.4 is 9.64 Å². The number of anilines is 1. The minimum Gasteiger partial charge on any atom is -0.490 e. The first kappa shape index (κ1) is 19.6. The number of carbonyl (C=O) groups is 3. The van der Waals surface area contributed by atoms with Crippen molar-refractivity contribution in [1.29, 1.82) is 0 Å². The Morgan fingerprint density at radius 1 is 1.06 bits per heavy atom. The first-order chi connectivity index (χ1) is 15.0. The summed E-state index contributed by atoms with van der Waals surface area (Å²) in [5.41, 5.74) is 0.525. The van der Waals surface area contributed by atoms with Crippen LogP contribution in [0.1, 0.15) is 41.6 Å². The number of benzene rings is 2. The molecule has 0 radical (unpaired) electrons. The number of para-hydroxylation sites is 2. The number of hydrogen-bond acceptors (Lipinski definition) is 5. The van der Waals surface area contributed by atoms with E-state index in [1.807, 2.05) is 31.2 Å². The Hall–Kier alpha value is -3.35. The molecule has 31 heavy (non-hydrogen) atoms. The Kier molecular flexibility index (Phi) is 4.68. The lowest BCUT2D eigenvalue weighted by molar-refractivity contribution is -0.158. The Bertz CT molecular complexity index is 1060. The van der Waals surface area contributed by atoms with Crippen LogP contribution in [-0.4, -0.2) is 47.6 Å². The van der Waals surface area contributed by atoms with E-state index in [9.17, 15) is 14.4 Å². The van der Waals surface area contributed by atoms with Crippen molar-refractivity contribution in [3.8, 4) is 5.75 Å². The van der Waals surface area contributed by atoms with E-state index >= 15 is 0 Å². The molecule has 1 unspecified atom stereocenters. The molecule has 7 nitrogen and oxygen atoms in total. The maximum Gasteiger partial charge on any atom is 0.353 e. The molecule has 2 fully saturated rings. The molecule has 160 valence electrons. The quantitative estimate of drug-likeness (QED) is 0.530. The first-order valence-electron chi connectivity index (χ1n) is 10.7. The summed E-state index contributed by atoms with van der Waals surface area (Å²) < 4.78 is 11.3. The summed E-state index contributed by atoms with van der Waals surface area (Å²) in [7, 11) is 0. The standard InChI is InChI=1S/C24H24N2O5/c1-16-6-2-5-9-20(16)30-14-15-31-23(29)24-13-12-21(27)26(24)19-8-4-3-7-18(19)22(28)25(24)17-10-11-17/h2-9,17H,10-15H2,1H3. The lowest BCUT2D eigenvalue weighted by Gasteiger charge is -2.48. The first-order valence-corrected chi connectivity index (χ1v) is 10.7. The van der Waals surface area contributed by atoms with E-state index in [0.29, 0.717) is 11.3 Å². The fraction of sp³-hybridized carbons (Fsp3) is 0.375. The molecule has 2 amide bonds. The van der Waals surface area contributed by atoms with Crippen molar-refractivity contribution in [2.75, 3.05) is 18.1 Å². The molecule has 2 aliphatic heterocycles. The lowest BCUT2D eigenvalue weighted by Crippen LogP contribution is -2.69. The predicted molar refractivity (Wildman–Crippen MR) is 113 cm³/mol. The molecule has 5 rings (SSSR count). The van der Waals surface area contributed by atoms with Crippen molar-refractivity contribution in [3.05, 3.63) is 59.7 Å². The van der Waals surface area contributed by atoms with E-state index in [1.165, 1.54) is 4.90 Å². The zero-order valence-corrected chi connectivity index (χ0v) is 17.4. The number of esters is 1. The molecule has 1 aliphatic carbocycles. The third-order valence-corrected chi connectivity index (χ3v) is 6.21. The van der Waals surface area contributed by atoms with Gasteiger partial charge in [0, 0.05) is 18.9 Å². The van der Waals surface area contributed by atoms with Gasteiger partial charge in [0.15, 0.2) is 0 Å². The molecule has 2 aromatic carbocycles. The van der Waals surface area contributed by atoms with Crippen LogP contribution in [0.3, 0.4) is 0 Å². The predicted octanol–water partition coefficient (Wildman–Crippen LogP) is 3.06. The van der Waals surface area contributed by atoms with Crippen LogP contribution >= 0.6 is 0 Å². The van der Waals surface area contributed by atoms with Crippen LogP contribution in [0.25, 0.3) is 0 Å². The molecule has 2 aromatic rings.